The first kappa shape index (κ1) is 23.7. The van der Waals surface area contributed by atoms with Crippen LogP contribution in [0.4, 0.5) is 5.69 Å². The van der Waals surface area contributed by atoms with Crippen LogP contribution in [0.1, 0.15) is 31.8 Å². The molecule has 0 bridgehead atoms. The van der Waals surface area contributed by atoms with Gasteiger partial charge in [0.15, 0.2) is 0 Å². The van der Waals surface area contributed by atoms with E-state index in [2.05, 4.69) is 15.4 Å². The normalized spacial score (nSPS) is 14.3. The van der Waals surface area contributed by atoms with E-state index in [4.69, 9.17) is 11.6 Å². The van der Waals surface area contributed by atoms with Gasteiger partial charge in [0.1, 0.15) is 10.8 Å². The summed E-state index contributed by atoms with van der Waals surface area (Å²) in [5.74, 6) is -0.561. The number of aryl methyl sites for hydroxylation is 2. The second-order valence-corrected chi connectivity index (χ2v) is 9.35. The van der Waals surface area contributed by atoms with Crippen molar-refractivity contribution in [3.8, 4) is 11.3 Å². The number of β-amino-alcohol motifs (C(OH)–C–C–N with tert-alkyl or cyclic N) is 1. The summed E-state index contributed by atoms with van der Waals surface area (Å²) in [6, 6.07) is 17.9. The zero-order valence-corrected chi connectivity index (χ0v) is 20.5. The first-order chi connectivity index (χ1) is 17.2. The zero-order chi connectivity index (χ0) is 25.4. The van der Waals surface area contributed by atoms with E-state index in [1.807, 2.05) is 44.3 Å². The highest BCUT2D eigenvalue weighted by molar-refractivity contribution is 6.29. The number of aromatic nitrogens is 3. The molecule has 2 N–H and O–H groups in total. The number of hydrogen-bond acceptors (Lipinski definition) is 5. The quantitative estimate of drug-likeness (QED) is 0.402. The lowest BCUT2D eigenvalue weighted by atomic mass is 9.85. The Balaban J connectivity index is 1.26. The molecule has 0 unspecified atom stereocenters. The van der Waals surface area contributed by atoms with Crippen LogP contribution >= 0.6 is 11.6 Å². The van der Waals surface area contributed by atoms with Crippen LogP contribution in [0.2, 0.25) is 5.15 Å². The number of hydrogen-bond donors (Lipinski definition) is 2. The molecule has 0 saturated carbocycles. The minimum absolute atomic E-state index is 0.183. The van der Waals surface area contributed by atoms with Crippen molar-refractivity contribution in [2.75, 3.05) is 18.4 Å². The standard InChI is InChI=1S/C27H24ClN5O3/c1-17-3-4-19(13-22(17)31-25(34)20-7-10-24(28)29-14-20)26(35)33-15-27(36,16-33)21-8-5-18(6-9-21)23-11-12-30-32(23)2/h3-14,36H,15-16H2,1-2H3,(H,31,34). The molecule has 5 rings (SSSR count). The Morgan fingerprint density at radius 1 is 1.03 bits per heavy atom. The van der Waals surface area contributed by atoms with Gasteiger partial charge in [-0.25, -0.2) is 4.98 Å². The van der Waals surface area contributed by atoms with Crippen LogP contribution in [0.3, 0.4) is 0 Å². The Morgan fingerprint density at radius 3 is 2.39 bits per heavy atom. The van der Waals surface area contributed by atoms with Crippen LogP contribution in [-0.2, 0) is 12.6 Å². The van der Waals surface area contributed by atoms with Gasteiger partial charge in [0, 0.05) is 30.7 Å². The number of halogens is 1. The molecule has 0 aliphatic carbocycles. The molecule has 2 amide bonds. The summed E-state index contributed by atoms with van der Waals surface area (Å²) in [6.07, 6.45) is 3.13. The molecule has 1 saturated heterocycles. The van der Waals surface area contributed by atoms with Crippen LogP contribution in [0, 0.1) is 6.92 Å². The molecule has 3 heterocycles. The molecule has 0 radical (unpaired) electrons. The van der Waals surface area contributed by atoms with Crippen LogP contribution in [0.5, 0.6) is 0 Å². The van der Waals surface area contributed by atoms with E-state index in [-0.39, 0.29) is 24.9 Å². The summed E-state index contributed by atoms with van der Waals surface area (Å²) in [7, 11) is 1.88. The maximum absolute atomic E-state index is 13.1. The van der Waals surface area contributed by atoms with Gasteiger partial charge < -0.3 is 15.3 Å². The van der Waals surface area contributed by atoms with E-state index in [0.717, 1.165) is 22.4 Å². The van der Waals surface area contributed by atoms with Crippen molar-refractivity contribution < 1.29 is 14.7 Å². The molecule has 2 aromatic carbocycles. The first-order valence-electron chi connectivity index (χ1n) is 11.4. The third-order valence-corrected chi connectivity index (χ3v) is 6.68. The minimum Gasteiger partial charge on any atom is -0.381 e. The second kappa shape index (κ2) is 9.22. The van der Waals surface area contributed by atoms with E-state index < -0.39 is 5.60 Å². The Bertz CT molecular complexity index is 1440. The van der Waals surface area contributed by atoms with Gasteiger partial charge in [-0.15, -0.1) is 0 Å². The Labute approximate surface area is 213 Å². The molecule has 8 nitrogen and oxygen atoms in total. The lowest BCUT2D eigenvalue weighted by Gasteiger charge is -2.46. The molecule has 2 aromatic heterocycles. The van der Waals surface area contributed by atoms with E-state index in [1.165, 1.54) is 6.20 Å². The maximum Gasteiger partial charge on any atom is 0.257 e. The molecule has 182 valence electrons. The number of anilines is 1. The summed E-state index contributed by atoms with van der Waals surface area (Å²) >= 11 is 5.79. The number of amides is 2. The summed E-state index contributed by atoms with van der Waals surface area (Å²) in [5.41, 5.74) is 3.76. The molecular weight excluding hydrogens is 478 g/mol. The summed E-state index contributed by atoms with van der Waals surface area (Å²) in [6.45, 7) is 2.22. The number of aliphatic hydroxyl groups is 1. The Kier molecular flexibility index (Phi) is 6.07. The van der Waals surface area contributed by atoms with E-state index in [9.17, 15) is 14.7 Å². The van der Waals surface area contributed by atoms with Crippen molar-refractivity contribution in [3.05, 3.63) is 100 Å². The van der Waals surface area contributed by atoms with Crippen molar-refractivity contribution in [2.24, 2.45) is 7.05 Å². The van der Waals surface area contributed by atoms with Crippen LogP contribution in [-0.4, -0.2) is 49.7 Å². The van der Waals surface area contributed by atoms with Gasteiger partial charge in [-0.2, -0.15) is 5.10 Å². The van der Waals surface area contributed by atoms with Crippen molar-refractivity contribution in [3.63, 3.8) is 0 Å². The predicted octanol–water partition coefficient (Wildman–Crippen LogP) is 4.04. The number of likely N-dealkylation sites (tertiary alicyclic amines) is 1. The Hall–Kier alpha value is -4.01. The molecule has 36 heavy (non-hydrogen) atoms. The molecule has 4 aromatic rings. The van der Waals surface area contributed by atoms with Gasteiger partial charge in [0.2, 0.25) is 0 Å². The van der Waals surface area contributed by atoms with Crippen LogP contribution in [0.25, 0.3) is 11.3 Å². The molecular formula is C27H24ClN5O3. The van der Waals surface area contributed by atoms with E-state index in [1.54, 1.807) is 46.1 Å². The summed E-state index contributed by atoms with van der Waals surface area (Å²) in [5, 5.41) is 18.4. The number of carbonyl (C=O) groups is 2. The SMILES string of the molecule is Cc1ccc(C(=O)N2CC(O)(c3ccc(-c4ccnn4C)cc3)C2)cc1NC(=O)c1ccc(Cl)nc1. The van der Waals surface area contributed by atoms with Gasteiger partial charge in [0.05, 0.1) is 24.3 Å². The van der Waals surface area contributed by atoms with Gasteiger partial charge in [-0.3, -0.25) is 14.3 Å². The fraction of sp³-hybridized carbons (Fsp3) is 0.185. The van der Waals surface area contributed by atoms with Crippen molar-refractivity contribution in [2.45, 2.75) is 12.5 Å². The average molecular weight is 502 g/mol. The maximum atomic E-state index is 13.1. The van der Waals surface area contributed by atoms with Gasteiger partial charge in [-0.1, -0.05) is 41.9 Å². The highest BCUT2D eigenvalue weighted by Gasteiger charge is 2.45. The minimum atomic E-state index is -1.11. The lowest BCUT2D eigenvalue weighted by Crippen LogP contribution is -2.61. The molecule has 1 aliphatic heterocycles. The van der Waals surface area contributed by atoms with Crippen molar-refractivity contribution >= 4 is 29.1 Å². The largest absolute Gasteiger partial charge is 0.381 e. The average Bonchev–Trinajstić information content (AvgIpc) is 3.29. The van der Waals surface area contributed by atoms with E-state index in [0.29, 0.717) is 22.0 Å². The third kappa shape index (κ3) is 4.48. The smallest absolute Gasteiger partial charge is 0.257 e. The fourth-order valence-electron chi connectivity index (χ4n) is 4.30. The van der Waals surface area contributed by atoms with Crippen LogP contribution < -0.4 is 5.32 Å². The summed E-state index contributed by atoms with van der Waals surface area (Å²) in [4.78, 5) is 31.2. The fourth-order valence-corrected chi connectivity index (χ4v) is 4.41. The van der Waals surface area contributed by atoms with Crippen LogP contribution in [0.15, 0.2) is 73.1 Å². The lowest BCUT2D eigenvalue weighted by molar-refractivity contribution is -0.0863. The van der Waals surface area contributed by atoms with Crippen molar-refractivity contribution in [1.29, 1.82) is 0 Å². The van der Waals surface area contributed by atoms with Gasteiger partial charge in [-0.05, 0) is 53.9 Å². The molecule has 0 atom stereocenters. The number of pyridine rings is 1. The number of nitrogens with zero attached hydrogens (tertiary/aromatic N) is 4. The molecule has 0 spiro atoms. The monoisotopic (exact) mass is 501 g/mol. The topological polar surface area (TPSA) is 100 Å². The van der Waals surface area contributed by atoms with Gasteiger partial charge >= 0.3 is 0 Å². The highest BCUT2D eigenvalue weighted by Crippen LogP contribution is 2.34. The van der Waals surface area contributed by atoms with Crippen molar-refractivity contribution in [1.82, 2.24) is 19.7 Å². The van der Waals surface area contributed by atoms with E-state index >= 15 is 0 Å². The molecule has 9 heteroatoms. The summed E-state index contributed by atoms with van der Waals surface area (Å²) < 4.78 is 1.79. The Morgan fingerprint density at radius 2 is 1.75 bits per heavy atom. The molecule has 1 fully saturated rings. The number of rotatable bonds is 5. The number of nitrogens with one attached hydrogen (secondary N) is 1. The van der Waals surface area contributed by atoms with Gasteiger partial charge in [0.25, 0.3) is 11.8 Å². The zero-order valence-electron chi connectivity index (χ0n) is 19.8. The molecule has 1 aliphatic rings. The third-order valence-electron chi connectivity index (χ3n) is 6.45. The second-order valence-electron chi connectivity index (χ2n) is 8.96. The highest BCUT2D eigenvalue weighted by atomic mass is 35.5. The number of carbonyl (C=O) groups excluding carboxylic acids is 2. The number of benzene rings is 2. The first-order valence-corrected chi connectivity index (χ1v) is 11.8. The predicted molar refractivity (Wildman–Crippen MR) is 137 cm³/mol.